The monoisotopic (exact) mass is 754 g/mol. The maximum Gasteiger partial charge on any atom is 0.132 e. The maximum absolute atomic E-state index is 11.5. The molecule has 8 nitrogen and oxygen atoms in total. The van der Waals surface area contributed by atoms with Gasteiger partial charge < -0.3 is 20.4 Å². The van der Waals surface area contributed by atoms with E-state index in [2.05, 4.69) is 41.5 Å². The highest BCUT2D eigenvalue weighted by Gasteiger charge is 2.26. The molecule has 2 aliphatic carbocycles. The van der Waals surface area contributed by atoms with E-state index in [4.69, 9.17) is 20.0 Å². The minimum Gasteiger partial charge on any atom is -0.507 e. The summed E-state index contributed by atoms with van der Waals surface area (Å²) < 4.78 is 0. The fourth-order valence-corrected chi connectivity index (χ4v) is 7.89. The van der Waals surface area contributed by atoms with Crippen LogP contribution in [0, 0.1) is 0 Å². The standard InChI is InChI=1S/C48H58N4O4/c1-47(2,3)37-21-13-17-33(45(37)55)29-51-41-25-9-7-23-39(41)49-27-31-15-11-19-35(43(31)53)36-20-12-16-32(44(36)54)28-50-40-24-8-10-26-42(40)52-30-34-18-14-22-38(46(34)56)48(4,5)6/h11-22,27-30,39-42,53-56H,7-10,23-26H2,1-6H3/t39-,40-,41-,42-/m1/s1. The van der Waals surface area contributed by atoms with Crippen molar-refractivity contribution in [2.75, 3.05) is 0 Å². The molecule has 2 saturated carbocycles. The van der Waals surface area contributed by atoms with Crippen molar-refractivity contribution in [2.45, 2.75) is 128 Å². The van der Waals surface area contributed by atoms with Gasteiger partial charge in [-0.3, -0.25) is 20.0 Å². The van der Waals surface area contributed by atoms with Crippen LogP contribution in [0.15, 0.2) is 92.8 Å². The Labute approximate surface area is 332 Å². The van der Waals surface area contributed by atoms with Crippen molar-refractivity contribution in [3.8, 4) is 34.1 Å². The average molecular weight is 755 g/mol. The summed E-state index contributed by atoms with van der Waals surface area (Å²) in [7, 11) is 0. The largest absolute Gasteiger partial charge is 0.507 e. The second-order valence-electron chi connectivity index (χ2n) is 17.4. The summed E-state index contributed by atoms with van der Waals surface area (Å²) in [5.74, 6) is 0.618. The molecule has 4 atom stereocenters. The van der Waals surface area contributed by atoms with Gasteiger partial charge in [-0.1, -0.05) is 116 Å². The Kier molecular flexibility index (Phi) is 12.5. The van der Waals surface area contributed by atoms with Crippen molar-refractivity contribution in [3.05, 3.63) is 106 Å². The highest BCUT2D eigenvalue weighted by atomic mass is 16.3. The van der Waals surface area contributed by atoms with Crippen molar-refractivity contribution < 1.29 is 20.4 Å². The molecule has 0 heterocycles. The zero-order chi connectivity index (χ0) is 40.0. The molecule has 56 heavy (non-hydrogen) atoms. The van der Waals surface area contributed by atoms with E-state index in [1.54, 1.807) is 37.0 Å². The summed E-state index contributed by atoms with van der Waals surface area (Å²) in [6.45, 7) is 12.5. The molecule has 0 aliphatic heterocycles. The number of nitrogens with zero attached hydrogens (tertiary/aromatic N) is 4. The molecule has 6 rings (SSSR count). The molecule has 0 unspecified atom stereocenters. The lowest BCUT2D eigenvalue weighted by Crippen LogP contribution is -2.27. The number of para-hydroxylation sites is 4. The normalized spacial score (nSPS) is 21.2. The molecular weight excluding hydrogens is 697 g/mol. The van der Waals surface area contributed by atoms with Crippen LogP contribution >= 0.6 is 0 Å². The lowest BCUT2D eigenvalue weighted by molar-refractivity contribution is 0.390. The van der Waals surface area contributed by atoms with E-state index >= 15 is 0 Å². The Bertz CT molecular complexity index is 1970. The van der Waals surface area contributed by atoms with E-state index in [1.807, 2.05) is 60.7 Å². The third-order valence-corrected chi connectivity index (χ3v) is 11.2. The number of hydrogen-bond acceptors (Lipinski definition) is 8. The molecule has 2 aliphatic rings. The Balaban J connectivity index is 1.19. The number of aliphatic imine (C=N–C) groups is 4. The van der Waals surface area contributed by atoms with E-state index in [0.29, 0.717) is 33.4 Å². The van der Waals surface area contributed by atoms with Crippen LogP contribution in [-0.2, 0) is 10.8 Å². The average Bonchev–Trinajstić information content (AvgIpc) is 3.16. The van der Waals surface area contributed by atoms with Crippen LogP contribution in [0.25, 0.3) is 11.1 Å². The first-order valence-corrected chi connectivity index (χ1v) is 20.1. The molecule has 0 bridgehead atoms. The summed E-state index contributed by atoms with van der Waals surface area (Å²) in [4.78, 5) is 19.7. The lowest BCUT2D eigenvalue weighted by Gasteiger charge is -2.26. The van der Waals surface area contributed by atoms with Crippen LogP contribution in [0.4, 0.5) is 0 Å². The van der Waals surface area contributed by atoms with E-state index in [9.17, 15) is 20.4 Å². The van der Waals surface area contributed by atoms with E-state index in [-0.39, 0.29) is 58.0 Å². The molecule has 4 aromatic carbocycles. The molecule has 0 aromatic heterocycles. The molecule has 0 radical (unpaired) electrons. The van der Waals surface area contributed by atoms with E-state index in [0.717, 1.165) is 62.5 Å². The Morgan fingerprint density at radius 2 is 0.679 bits per heavy atom. The summed E-state index contributed by atoms with van der Waals surface area (Å²) in [5, 5.41) is 44.9. The van der Waals surface area contributed by atoms with Crippen molar-refractivity contribution in [1.82, 2.24) is 0 Å². The van der Waals surface area contributed by atoms with Gasteiger partial charge in [-0.25, -0.2) is 0 Å². The van der Waals surface area contributed by atoms with Gasteiger partial charge in [-0.05, 0) is 71.9 Å². The van der Waals surface area contributed by atoms with Crippen LogP contribution < -0.4 is 0 Å². The molecule has 4 N–H and O–H groups in total. The second kappa shape index (κ2) is 17.3. The third kappa shape index (κ3) is 9.40. The molecule has 294 valence electrons. The van der Waals surface area contributed by atoms with Gasteiger partial charge in [0, 0.05) is 58.2 Å². The summed E-state index contributed by atoms with van der Waals surface area (Å²) in [5.41, 5.74) is 4.95. The fourth-order valence-electron chi connectivity index (χ4n) is 7.89. The first-order chi connectivity index (χ1) is 26.7. The zero-order valence-corrected chi connectivity index (χ0v) is 33.8. The van der Waals surface area contributed by atoms with Gasteiger partial charge in [0.2, 0.25) is 0 Å². The summed E-state index contributed by atoms with van der Waals surface area (Å²) >= 11 is 0. The SMILES string of the molecule is CC(C)(C)c1cccc(C=N[C@@H]2CCCC[C@H]2N=Cc2cccc(-c3cccc(C=N[C@@H]4CCCC[C@H]4N=Cc4cccc(C(C)(C)C)c4O)c3O)c2O)c1O. The number of rotatable bonds is 9. The smallest absolute Gasteiger partial charge is 0.132 e. The highest BCUT2D eigenvalue weighted by molar-refractivity contribution is 5.93. The first kappa shape index (κ1) is 40.4. The molecule has 2 fully saturated rings. The van der Waals surface area contributed by atoms with Crippen molar-refractivity contribution >= 4 is 24.9 Å². The van der Waals surface area contributed by atoms with E-state index in [1.165, 1.54) is 0 Å². The zero-order valence-electron chi connectivity index (χ0n) is 33.8. The minimum absolute atomic E-state index is 0.0377. The number of hydrogen-bond donors (Lipinski definition) is 4. The maximum atomic E-state index is 11.5. The van der Waals surface area contributed by atoms with Crippen LogP contribution in [0.1, 0.15) is 126 Å². The topological polar surface area (TPSA) is 130 Å². The van der Waals surface area contributed by atoms with Crippen molar-refractivity contribution in [2.24, 2.45) is 20.0 Å². The molecular formula is C48H58N4O4. The first-order valence-electron chi connectivity index (χ1n) is 20.1. The van der Waals surface area contributed by atoms with E-state index < -0.39 is 0 Å². The van der Waals surface area contributed by atoms with Crippen LogP contribution in [-0.4, -0.2) is 69.5 Å². The van der Waals surface area contributed by atoms with Gasteiger partial charge in [0.05, 0.1) is 24.2 Å². The Morgan fingerprint density at radius 3 is 0.964 bits per heavy atom. The molecule has 4 aromatic rings. The highest BCUT2D eigenvalue weighted by Crippen LogP contribution is 2.39. The molecule has 8 heteroatoms. The third-order valence-electron chi connectivity index (χ3n) is 11.2. The number of benzene rings is 4. The fraction of sp³-hybridized carbons (Fsp3) is 0.417. The Morgan fingerprint density at radius 1 is 0.411 bits per heavy atom. The van der Waals surface area contributed by atoms with Gasteiger partial charge >= 0.3 is 0 Å². The van der Waals surface area contributed by atoms with Gasteiger partial charge in [0.15, 0.2) is 0 Å². The predicted octanol–water partition coefficient (Wildman–Crippen LogP) is 10.5. The summed E-state index contributed by atoms with van der Waals surface area (Å²) in [6.07, 6.45) is 14.8. The number of aromatic hydroxyl groups is 4. The molecule has 0 saturated heterocycles. The van der Waals surface area contributed by atoms with Gasteiger partial charge in [-0.2, -0.15) is 0 Å². The van der Waals surface area contributed by atoms with Crippen LogP contribution in [0.5, 0.6) is 23.0 Å². The minimum atomic E-state index is -0.185. The van der Waals surface area contributed by atoms with Crippen LogP contribution in [0.2, 0.25) is 0 Å². The summed E-state index contributed by atoms with van der Waals surface area (Å²) in [6, 6.07) is 22.4. The number of phenols is 4. The van der Waals surface area contributed by atoms with Crippen LogP contribution in [0.3, 0.4) is 0 Å². The van der Waals surface area contributed by atoms with Crippen molar-refractivity contribution in [1.29, 1.82) is 0 Å². The van der Waals surface area contributed by atoms with Gasteiger partial charge in [-0.15, -0.1) is 0 Å². The lowest BCUT2D eigenvalue weighted by atomic mass is 9.85. The molecule has 0 amide bonds. The Hall–Kier alpha value is -5.24. The quantitative estimate of drug-likeness (QED) is 0.127. The predicted molar refractivity (Wildman–Crippen MR) is 231 cm³/mol. The van der Waals surface area contributed by atoms with Crippen molar-refractivity contribution in [3.63, 3.8) is 0 Å². The number of phenolic OH excluding ortho intramolecular Hbond substituents is 4. The molecule has 0 spiro atoms. The van der Waals surface area contributed by atoms with Gasteiger partial charge in [0.1, 0.15) is 23.0 Å². The van der Waals surface area contributed by atoms with Gasteiger partial charge in [0.25, 0.3) is 0 Å². The second-order valence-corrected chi connectivity index (χ2v) is 17.4.